The van der Waals surface area contributed by atoms with Crippen molar-refractivity contribution in [3.63, 3.8) is 0 Å². The molecule has 8 heteroatoms. The van der Waals surface area contributed by atoms with E-state index in [0.717, 1.165) is 9.32 Å². The summed E-state index contributed by atoms with van der Waals surface area (Å²) in [6.07, 6.45) is -0.0488. The molecular formula is C19H20IN3O4. The average Bonchev–Trinajstić information content (AvgIpc) is 2.66. The number of rotatable bonds is 7. The van der Waals surface area contributed by atoms with Crippen molar-refractivity contribution in [3.05, 3.63) is 57.7 Å². The molecule has 27 heavy (non-hydrogen) atoms. The van der Waals surface area contributed by atoms with Gasteiger partial charge in [0.15, 0.2) is 0 Å². The highest BCUT2D eigenvalue weighted by atomic mass is 127. The number of ether oxygens (including phenoxy) is 1. The zero-order valence-corrected chi connectivity index (χ0v) is 16.9. The molecule has 2 aromatic rings. The van der Waals surface area contributed by atoms with Gasteiger partial charge in [-0.1, -0.05) is 12.1 Å². The summed E-state index contributed by atoms with van der Waals surface area (Å²) in [4.78, 5) is 35.7. The summed E-state index contributed by atoms with van der Waals surface area (Å²) >= 11 is 2.04. The number of halogens is 1. The normalized spacial score (nSPS) is 10.0. The van der Waals surface area contributed by atoms with E-state index in [4.69, 9.17) is 4.74 Å². The van der Waals surface area contributed by atoms with E-state index in [1.807, 2.05) is 35.6 Å². The highest BCUT2D eigenvalue weighted by Gasteiger charge is 2.11. The fourth-order valence-electron chi connectivity index (χ4n) is 2.15. The van der Waals surface area contributed by atoms with Crippen LogP contribution in [0.5, 0.6) is 5.75 Å². The average molecular weight is 481 g/mol. The minimum atomic E-state index is -0.448. The molecule has 3 N–H and O–H groups in total. The van der Waals surface area contributed by atoms with Crippen molar-refractivity contribution in [2.45, 2.75) is 19.8 Å². The second-order valence-electron chi connectivity index (χ2n) is 5.49. The number of anilines is 1. The number of hydrazine groups is 1. The third-order valence-electron chi connectivity index (χ3n) is 3.46. The van der Waals surface area contributed by atoms with Gasteiger partial charge in [-0.25, -0.2) is 0 Å². The molecule has 0 fully saturated rings. The van der Waals surface area contributed by atoms with Crippen molar-refractivity contribution in [3.8, 4) is 5.75 Å². The third-order valence-corrected chi connectivity index (χ3v) is 4.40. The molecule has 142 valence electrons. The van der Waals surface area contributed by atoms with Crippen LogP contribution in [0.15, 0.2) is 48.5 Å². The monoisotopic (exact) mass is 481 g/mol. The van der Waals surface area contributed by atoms with Crippen LogP contribution in [-0.4, -0.2) is 24.3 Å². The van der Waals surface area contributed by atoms with E-state index in [1.165, 1.54) is 0 Å². The van der Waals surface area contributed by atoms with Crippen LogP contribution >= 0.6 is 22.6 Å². The molecule has 7 nitrogen and oxygen atoms in total. The highest BCUT2D eigenvalue weighted by Crippen LogP contribution is 2.16. The van der Waals surface area contributed by atoms with Gasteiger partial charge in [-0.2, -0.15) is 0 Å². The lowest BCUT2D eigenvalue weighted by molar-refractivity contribution is -0.124. The van der Waals surface area contributed by atoms with Crippen molar-refractivity contribution < 1.29 is 19.1 Å². The first-order valence-corrected chi connectivity index (χ1v) is 9.44. The molecule has 0 aliphatic rings. The molecule has 0 aliphatic heterocycles. The molecule has 0 atom stereocenters. The molecule has 3 amide bonds. The molecule has 0 spiro atoms. The largest absolute Gasteiger partial charge is 0.494 e. The van der Waals surface area contributed by atoms with Crippen LogP contribution < -0.4 is 20.9 Å². The van der Waals surface area contributed by atoms with Gasteiger partial charge in [0.2, 0.25) is 11.8 Å². The van der Waals surface area contributed by atoms with E-state index in [-0.39, 0.29) is 18.7 Å². The number of nitrogens with one attached hydrogen (secondary N) is 3. The first-order chi connectivity index (χ1) is 13.0. The first-order valence-electron chi connectivity index (χ1n) is 8.36. The van der Waals surface area contributed by atoms with Crippen molar-refractivity contribution in [1.29, 1.82) is 0 Å². The minimum absolute atomic E-state index is 0.00220. The van der Waals surface area contributed by atoms with Crippen LogP contribution in [0.1, 0.15) is 30.1 Å². The van der Waals surface area contributed by atoms with E-state index in [9.17, 15) is 14.4 Å². The Morgan fingerprint density at radius 2 is 1.59 bits per heavy atom. The maximum absolute atomic E-state index is 12.0. The van der Waals surface area contributed by atoms with E-state index in [0.29, 0.717) is 17.9 Å². The van der Waals surface area contributed by atoms with Gasteiger partial charge in [-0.3, -0.25) is 25.2 Å². The van der Waals surface area contributed by atoms with Gasteiger partial charge in [0, 0.05) is 22.1 Å². The predicted molar refractivity (Wildman–Crippen MR) is 110 cm³/mol. The quantitative estimate of drug-likeness (QED) is 0.419. The third kappa shape index (κ3) is 6.89. The van der Waals surface area contributed by atoms with E-state index in [2.05, 4.69) is 16.2 Å². The summed E-state index contributed by atoms with van der Waals surface area (Å²) in [6.45, 7) is 2.46. The Bertz CT molecular complexity index is 809. The van der Waals surface area contributed by atoms with Crippen LogP contribution in [0.2, 0.25) is 0 Å². The van der Waals surface area contributed by atoms with Gasteiger partial charge in [0.1, 0.15) is 5.75 Å². The highest BCUT2D eigenvalue weighted by molar-refractivity contribution is 14.1. The fraction of sp³-hybridized carbons (Fsp3) is 0.211. The molecule has 0 aromatic heterocycles. The standard InChI is InChI=1S/C19H20IN3O4/c1-2-27-14-9-7-13(8-10-14)21-17(24)11-12-18(25)22-23-19(26)15-5-3-4-6-16(15)20/h3-10H,2,11-12H2,1H3,(H,21,24)(H,22,25)(H,23,26). The van der Waals surface area contributed by atoms with E-state index in [1.54, 1.807) is 42.5 Å². The molecule has 0 unspecified atom stereocenters. The lowest BCUT2D eigenvalue weighted by Crippen LogP contribution is -2.42. The van der Waals surface area contributed by atoms with Crippen LogP contribution in [0, 0.1) is 3.57 Å². The maximum Gasteiger partial charge on any atom is 0.270 e. The van der Waals surface area contributed by atoms with Gasteiger partial charge in [0.05, 0.1) is 12.2 Å². The van der Waals surface area contributed by atoms with Crippen LogP contribution in [-0.2, 0) is 9.59 Å². The van der Waals surface area contributed by atoms with Gasteiger partial charge in [-0.05, 0) is 65.9 Å². The Morgan fingerprint density at radius 1 is 0.926 bits per heavy atom. The fourth-order valence-corrected chi connectivity index (χ4v) is 2.79. The molecular weight excluding hydrogens is 461 g/mol. The van der Waals surface area contributed by atoms with Crippen molar-refractivity contribution in [2.24, 2.45) is 0 Å². The second-order valence-corrected chi connectivity index (χ2v) is 6.65. The minimum Gasteiger partial charge on any atom is -0.494 e. The molecule has 0 saturated heterocycles. The smallest absolute Gasteiger partial charge is 0.270 e. The maximum atomic E-state index is 12.0. The van der Waals surface area contributed by atoms with E-state index >= 15 is 0 Å². The number of hydrogen-bond acceptors (Lipinski definition) is 4. The van der Waals surface area contributed by atoms with Gasteiger partial charge in [-0.15, -0.1) is 0 Å². The number of benzene rings is 2. The van der Waals surface area contributed by atoms with Gasteiger partial charge in [0.25, 0.3) is 5.91 Å². The summed E-state index contributed by atoms with van der Waals surface area (Å²) < 4.78 is 6.10. The zero-order chi connectivity index (χ0) is 19.6. The molecule has 0 radical (unpaired) electrons. The number of amides is 3. The van der Waals surface area contributed by atoms with Gasteiger partial charge >= 0.3 is 0 Å². The van der Waals surface area contributed by atoms with Crippen molar-refractivity contribution in [1.82, 2.24) is 10.9 Å². The Hall–Kier alpha value is -2.62. The zero-order valence-electron chi connectivity index (χ0n) is 14.8. The lowest BCUT2D eigenvalue weighted by atomic mass is 10.2. The SMILES string of the molecule is CCOc1ccc(NC(=O)CCC(=O)NNC(=O)c2ccccc2I)cc1. The Morgan fingerprint density at radius 3 is 2.26 bits per heavy atom. The summed E-state index contributed by atoms with van der Waals surface area (Å²) in [5, 5.41) is 2.70. The van der Waals surface area contributed by atoms with Crippen LogP contribution in [0.3, 0.4) is 0 Å². The number of carbonyl (C=O) groups excluding carboxylic acids is 3. The second kappa shape index (κ2) is 10.5. The Labute approximate surface area is 171 Å². The molecule has 0 bridgehead atoms. The molecule has 2 aromatic carbocycles. The predicted octanol–water partition coefficient (Wildman–Crippen LogP) is 2.87. The topological polar surface area (TPSA) is 96.5 Å². The Balaban J connectivity index is 1.72. The summed E-state index contributed by atoms with van der Waals surface area (Å²) in [5.41, 5.74) is 5.74. The van der Waals surface area contributed by atoms with Crippen molar-refractivity contribution in [2.75, 3.05) is 11.9 Å². The van der Waals surface area contributed by atoms with Crippen LogP contribution in [0.25, 0.3) is 0 Å². The summed E-state index contributed by atoms with van der Waals surface area (Å²) in [6, 6.07) is 14.0. The number of hydrogen-bond donors (Lipinski definition) is 3. The first kappa shape index (κ1) is 20.7. The lowest BCUT2D eigenvalue weighted by Gasteiger charge is -2.09. The van der Waals surface area contributed by atoms with Crippen molar-refractivity contribution >= 4 is 46.0 Å². The summed E-state index contributed by atoms with van der Waals surface area (Å²) in [5.74, 6) is -0.430. The van der Waals surface area contributed by atoms with Gasteiger partial charge < -0.3 is 10.1 Å². The molecule has 0 saturated carbocycles. The molecule has 0 heterocycles. The molecule has 0 aliphatic carbocycles. The molecule has 2 rings (SSSR count). The summed E-state index contributed by atoms with van der Waals surface area (Å²) in [7, 11) is 0. The van der Waals surface area contributed by atoms with Crippen LogP contribution in [0.4, 0.5) is 5.69 Å². The number of carbonyl (C=O) groups is 3. The Kier molecular flexibility index (Phi) is 8.05. The van der Waals surface area contributed by atoms with E-state index < -0.39 is 11.8 Å².